The number of benzene rings is 2. The predicted octanol–water partition coefficient (Wildman–Crippen LogP) is 3.11. The van der Waals surface area contributed by atoms with E-state index in [2.05, 4.69) is 41.5 Å². The average molecular weight is 410 g/mol. The second-order valence-corrected chi connectivity index (χ2v) is 7.49. The summed E-state index contributed by atoms with van der Waals surface area (Å²) in [5.74, 6) is 1.36. The summed E-state index contributed by atoms with van der Waals surface area (Å²) in [6.45, 7) is 4.10. The predicted molar refractivity (Wildman–Crippen MR) is 118 cm³/mol. The van der Waals surface area contributed by atoms with E-state index in [1.54, 1.807) is 7.05 Å². The average Bonchev–Trinajstić information content (AvgIpc) is 2.73. The van der Waals surface area contributed by atoms with Crippen LogP contribution in [0, 0.1) is 6.92 Å². The molecule has 0 amide bonds. The van der Waals surface area contributed by atoms with E-state index < -0.39 is 0 Å². The molecular formula is C22H23N3O3S. The maximum Gasteiger partial charge on any atom is 0.253 e. The van der Waals surface area contributed by atoms with E-state index >= 15 is 0 Å². The van der Waals surface area contributed by atoms with Crippen molar-refractivity contribution in [3.63, 3.8) is 0 Å². The van der Waals surface area contributed by atoms with Crippen LogP contribution < -0.4 is 20.3 Å². The first-order valence-electron chi connectivity index (χ1n) is 9.51. The van der Waals surface area contributed by atoms with E-state index in [1.165, 1.54) is 5.56 Å². The van der Waals surface area contributed by atoms with Crippen molar-refractivity contribution in [1.82, 2.24) is 15.2 Å². The normalized spacial score (nSPS) is 12.6. The van der Waals surface area contributed by atoms with Crippen molar-refractivity contribution >= 4 is 28.2 Å². The molecule has 0 fully saturated rings. The highest BCUT2D eigenvalue weighted by Gasteiger charge is 2.16. The first-order valence-corrected chi connectivity index (χ1v) is 9.92. The highest BCUT2D eigenvalue weighted by molar-refractivity contribution is 7.80. The molecule has 2 aromatic carbocycles. The number of hydrogen-bond donors (Lipinski definition) is 2. The van der Waals surface area contributed by atoms with Gasteiger partial charge in [-0.15, -0.1) is 0 Å². The van der Waals surface area contributed by atoms with Gasteiger partial charge < -0.3 is 24.7 Å². The number of hydrogen-bond acceptors (Lipinski definition) is 4. The van der Waals surface area contributed by atoms with Crippen LogP contribution in [-0.4, -0.2) is 35.3 Å². The molecule has 0 radical (unpaired) electrons. The minimum atomic E-state index is -0.137. The lowest BCUT2D eigenvalue weighted by molar-refractivity contribution is 0.172. The number of nitrogens with zero attached hydrogens (tertiary/aromatic N) is 1. The van der Waals surface area contributed by atoms with Crippen molar-refractivity contribution in [3.8, 4) is 11.5 Å². The fourth-order valence-corrected chi connectivity index (χ4v) is 3.51. The molecule has 7 heteroatoms. The summed E-state index contributed by atoms with van der Waals surface area (Å²) in [7, 11) is 1.79. The molecule has 3 aromatic rings. The van der Waals surface area contributed by atoms with Crippen molar-refractivity contribution in [1.29, 1.82) is 0 Å². The Morgan fingerprint density at radius 1 is 1.10 bits per heavy atom. The van der Waals surface area contributed by atoms with E-state index in [0.29, 0.717) is 48.5 Å². The van der Waals surface area contributed by atoms with Crippen molar-refractivity contribution in [3.05, 3.63) is 69.5 Å². The van der Waals surface area contributed by atoms with Gasteiger partial charge in [0.15, 0.2) is 16.6 Å². The third kappa shape index (κ3) is 4.19. The molecular weight excluding hydrogens is 386 g/mol. The van der Waals surface area contributed by atoms with Crippen molar-refractivity contribution in [2.75, 3.05) is 20.3 Å². The minimum Gasteiger partial charge on any atom is -0.486 e. The summed E-state index contributed by atoms with van der Waals surface area (Å²) in [4.78, 5) is 17.7. The van der Waals surface area contributed by atoms with Crippen molar-refractivity contribution in [2.24, 2.45) is 0 Å². The number of rotatable bonds is 4. The van der Waals surface area contributed by atoms with E-state index in [1.807, 2.05) is 23.1 Å². The van der Waals surface area contributed by atoms with Gasteiger partial charge in [0, 0.05) is 30.6 Å². The molecule has 4 rings (SSSR count). The number of fused-ring (bicyclic) bond motifs is 2. The number of pyridine rings is 1. The number of aromatic amines is 1. The summed E-state index contributed by atoms with van der Waals surface area (Å²) < 4.78 is 11.3. The second-order valence-electron chi connectivity index (χ2n) is 7.10. The summed E-state index contributed by atoms with van der Waals surface area (Å²) in [6, 6.07) is 13.9. The van der Waals surface area contributed by atoms with Crippen LogP contribution in [0.4, 0.5) is 0 Å². The molecule has 0 saturated heterocycles. The van der Waals surface area contributed by atoms with E-state index in [0.717, 1.165) is 16.5 Å². The maximum atomic E-state index is 12.7. The first-order chi connectivity index (χ1) is 14.0. The highest BCUT2D eigenvalue weighted by Crippen LogP contribution is 2.33. The van der Waals surface area contributed by atoms with Gasteiger partial charge in [0.25, 0.3) is 5.56 Å². The van der Waals surface area contributed by atoms with E-state index in [-0.39, 0.29) is 5.56 Å². The zero-order chi connectivity index (χ0) is 20.4. The lowest BCUT2D eigenvalue weighted by Crippen LogP contribution is -2.38. The zero-order valence-electron chi connectivity index (χ0n) is 16.5. The molecule has 0 saturated carbocycles. The Morgan fingerprint density at radius 2 is 1.79 bits per heavy atom. The van der Waals surface area contributed by atoms with Crippen LogP contribution in [0.25, 0.3) is 10.9 Å². The smallest absolute Gasteiger partial charge is 0.253 e. The molecule has 1 aromatic heterocycles. The Balaban J connectivity index is 1.65. The lowest BCUT2D eigenvalue weighted by atomic mass is 10.1. The van der Waals surface area contributed by atoms with E-state index in [4.69, 9.17) is 21.7 Å². The highest BCUT2D eigenvalue weighted by atomic mass is 32.1. The van der Waals surface area contributed by atoms with Gasteiger partial charge in [-0.3, -0.25) is 4.79 Å². The number of thiocarbonyl (C=S) groups is 1. The number of aromatic nitrogens is 1. The van der Waals surface area contributed by atoms with Gasteiger partial charge in [0.05, 0.1) is 12.1 Å². The van der Waals surface area contributed by atoms with Gasteiger partial charge in [0.2, 0.25) is 0 Å². The van der Waals surface area contributed by atoms with Crippen LogP contribution in [0.3, 0.4) is 0 Å². The molecule has 1 aliphatic rings. The van der Waals surface area contributed by atoms with E-state index in [9.17, 15) is 4.79 Å². The zero-order valence-corrected chi connectivity index (χ0v) is 17.3. The van der Waals surface area contributed by atoms with Gasteiger partial charge in [-0.1, -0.05) is 29.8 Å². The quantitative estimate of drug-likeness (QED) is 0.646. The topological polar surface area (TPSA) is 66.6 Å². The van der Waals surface area contributed by atoms with Crippen molar-refractivity contribution < 1.29 is 9.47 Å². The summed E-state index contributed by atoms with van der Waals surface area (Å²) >= 11 is 5.49. The molecule has 0 bridgehead atoms. The monoisotopic (exact) mass is 409 g/mol. The number of aryl methyl sites for hydroxylation is 1. The van der Waals surface area contributed by atoms with Crippen LogP contribution in [0.5, 0.6) is 11.5 Å². The van der Waals surface area contributed by atoms with Gasteiger partial charge in [0.1, 0.15) is 13.2 Å². The fourth-order valence-electron chi connectivity index (χ4n) is 3.38. The number of H-pyrrole nitrogens is 1. The summed E-state index contributed by atoms with van der Waals surface area (Å²) in [5.41, 5.74) is 3.56. The van der Waals surface area contributed by atoms with Gasteiger partial charge in [-0.2, -0.15) is 0 Å². The molecule has 2 N–H and O–H groups in total. The molecule has 6 nitrogen and oxygen atoms in total. The first kappa shape index (κ1) is 19.3. The lowest BCUT2D eigenvalue weighted by Gasteiger charge is -2.25. The third-order valence-corrected chi connectivity index (χ3v) is 5.40. The Bertz CT molecular complexity index is 1110. The van der Waals surface area contributed by atoms with Crippen LogP contribution in [-0.2, 0) is 13.1 Å². The Kier molecular flexibility index (Phi) is 5.40. The molecule has 2 heterocycles. The van der Waals surface area contributed by atoms with Gasteiger partial charge >= 0.3 is 0 Å². The van der Waals surface area contributed by atoms with Crippen LogP contribution in [0.2, 0.25) is 0 Å². The van der Waals surface area contributed by atoms with Crippen LogP contribution >= 0.6 is 12.2 Å². The Labute approximate surface area is 174 Å². The van der Waals surface area contributed by atoms with Gasteiger partial charge in [-0.05, 0) is 36.8 Å². The number of ether oxygens (including phenoxy) is 2. The molecule has 0 unspecified atom stereocenters. The molecule has 150 valence electrons. The molecule has 1 aliphatic heterocycles. The largest absolute Gasteiger partial charge is 0.486 e. The Hall–Kier alpha value is -3.06. The SMILES string of the molecule is CNC(=S)N(Cc1ccc(C)cc1)Cc1cc2cc3c(cc2[nH]c1=O)OCCO3. The van der Waals surface area contributed by atoms with Crippen LogP contribution in [0.1, 0.15) is 16.7 Å². The second kappa shape index (κ2) is 8.13. The minimum absolute atomic E-state index is 0.137. The maximum absolute atomic E-state index is 12.7. The third-order valence-electron chi connectivity index (χ3n) is 4.94. The van der Waals surface area contributed by atoms with Crippen LogP contribution in [0.15, 0.2) is 47.3 Å². The molecule has 0 spiro atoms. The fraction of sp³-hybridized carbons (Fsp3) is 0.273. The summed E-state index contributed by atoms with van der Waals surface area (Å²) in [6.07, 6.45) is 0. The van der Waals surface area contributed by atoms with Gasteiger partial charge in [-0.25, -0.2) is 0 Å². The standard InChI is InChI=1S/C22H23N3O3S/c1-14-3-5-15(6-4-14)12-25(22(29)23-2)13-17-9-16-10-19-20(28-8-7-27-19)11-18(16)24-21(17)26/h3-6,9-11H,7-8,12-13H2,1-2H3,(H,23,29)(H,24,26). The van der Waals surface area contributed by atoms with Crippen molar-refractivity contribution in [2.45, 2.75) is 20.0 Å². The molecule has 29 heavy (non-hydrogen) atoms. The molecule has 0 aliphatic carbocycles. The number of nitrogens with one attached hydrogen (secondary N) is 2. The Morgan fingerprint density at radius 3 is 2.48 bits per heavy atom. The summed E-state index contributed by atoms with van der Waals surface area (Å²) in [5, 5.41) is 4.51. The molecule has 0 atom stereocenters.